The van der Waals surface area contributed by atoms with Crippen LogP contribution < -0.4 is 16.2 Å². The molecule has 6 nitrogen and oxygen atoms in total. The van der Waals surface area contributed by atoms with Crippen molar-refractivity contribution in [3.05, 3.63) is 41.5 Å². The van der Waals surface area contributed by atoms with Crippen molar-refractivity contribution in [1.29, 1.82) is 5.41 Å². The van der Waals surface area contributed by atoms with Crippen molar-refractivity contribution in [2.45, 2.75) is 26.9 Å². The average molecular weight is 301 g/mol. The number of benzene rings is 1. The lowest BCUT2D eigenvalue weighted by atomic mass is 9.99. The third-order valence-electron chi connectivity index (χ3n) is 3.41. The van der Waals surface area contributed by atoms with Crippen molar-refractivity contribution >= 4 is 11.5 Å². The zero-order valence-corrected chi connectivity index (χ0v) is 13.3. The highest BCUT2D eigenvalue weighted by Gasteiger charge is 2.13. The van der Waals surface area contributed by atoms with Crippen LogP contribution in [0.15, 0.2) is 24.5 Å². The highest BCUT2D eigenvalue weighted by molar-refractivity contribution is 6.01. The lowest BCUT2D eigenvalue weighted by molar-refractivity contribution is 0.293. The molecule has 6 heteroatoms. The van der Waals surface area contributed by atoms with Crippen molar-refractivity contribution in [3.63, 3.8) is 0 Å². The summed E-state index contributed by atoms with van der Waals surface area (Å²) in [5.41, 5.74) is 13.7. The van der Waals surface area contributed by atoms with E-state index in [2.05, 4.69) is 18.8 Å². The first kappa shape index (κ1) is 15.9. The van der Waals surface area contributed by atoms with Gasteiger partial charge in [-0.25, -0.2) is 4.98 Å². The van der Waals surface area contributed by atoms with Gasteiger partial charge in [0.2, 0.25) is 0 Å². The molecule has 0 aliphatic carbocycles. The van der Waals surface area contributed by atoms with E-state index in [4.69, 9.17) is 21.6 Å². The van der Waals surface area contributed by atoms with E-state index >= 15 is 0 Å². The topological polar surface area (TPSA) is 103 Å². The van der Waals surface area contributed by atoms with Crippen LogP contribution in [0.2, 0.25) is 0 Å². The van der Waals surface area contributed by atoms with E-state index in [1.165, 1.54) is 0 Å². The molecule has 0 atom stereocenters. The monoisotopic (exact) mass is 301 g/mol. The summed E-state index contributed by atoms with van der Waals surface area (Å²) in [5, 5.41) is 7.68. The summed E-state index contributed by atoms with van der Waals surface area (Å²) in [4.78, 5) is 4.22. The fourth-order valence-corrected chi connectivity index (χ4v) is 2.29. The molecule has 0 aliphatic heterocycles. The van der Waals surface area contributed by atoms with E-state index < -0.39 is 0 Å². The minimum atomic E-state index is -0.0510. The first-order chi connectivity index (χ1) is 10.4. The van der Waals surface area contributed by atoms with Gasteiger partial charge in [-0.2, -0.15) is 0 Å². The van der Waals surface area contributed by atoms with Crippen LogP contribution in [-0.2, 0) is 20.1 Å². The average Bonchev–Trinajstić information content (AvgIpc) is 2.83. The van der Waals surface area contributed by atoms with E-state index in [1.54, 1.807) is 6.20 Å². The van der Waals surface area contributed by atoms with Gasteiger partial charge in [0.05, 0.1) is 5.69 Å². The Morgan fingerprint density at radius 1 is 1.41 bits per heavy atom. The molecule has 1 aromatic heterocycles. The molecule has 0 aliphatic rings. The molecule has 0 spiro atoms. The molecular weight excluding hydrogens is 278 g/mol. The van der Waals surface area contributed by atoms with Gasteiger partial charge in [-0.1, -0.05) is 13.8 Å². The van der Waals surface area contributed by atoms with Crippen molar-refractivity contribution in [2.24, 2.45) is 18.7 Å². The summed E-state index contributed by atoms with van der Waals surface area (Å²) in [6.07, 6.45) is 4.45. The summed E-state index contributed by atoms with van der Waals surface area (Å²) in [5.74, 6) is 1.79. The van der Waals surface area contributed by atoms with Crippen molar-refractivity contribution < 1.29 is 4.74 Å². The molecule has 0 bridgehead atoms. The molecule has 0 amide bonds. The van der Waals surface area contributed by atoms with E-state index in [9.17, 15) is 0 Å². The SMILES string of the molecule is CC(C)Cc1cc(OCc2nccn2C)c(N)c(C(=N)N)c1. The van der Waals surface area contributed by atoms with Gasteiger partial charge in [-0.3, -0.25) is 5.41 Å². The van der Waals surface area contributed by atoms with Crippen molar-refractivity contribution in [1.82, 2.24) is 9.55 Å². The number of hydrogen-bond donors (Lipinski definition) is 3. The van der Waals surface area contributed by atoms with Crippen LogP contribution in [0, 0.1) is 11.3 Å². The molecule has 0 unspecified atom stereocenters. The van der Waals surface area contributed by atoms with E-state index in [0.29, 0.717) is 29.5 Å². The molecule has 2 rings (SSSR count). The summed E-state index contributed by atoms with van der Waals surface area (Å²) < 4.78 is 7.70. The van der Waals surface area contributed by atoms with Gasteiger partial charge >= 0.3 is 0 Å². The Balaban J connectivity index is 2.30. The zero-order chi connectivity index (χ0) is 16.3. The number of ether oxygens (including phenoxy) is 1. The van der Waals surface area contributed by atoms with Gasteiger partial charge in [0.1, 0.15) is 24.0 Å². The molecule has 0 saturated carbocycles. The van der Waals surface area contributed by atoms with Gasteiger partial charge in [0.15, 0.2) is 0 Å². The second-order valence-corrected chi connectivity index (χ2v) is 5.81. The zero-order valence-electron chi connectivity index (χ0n) is 13.3. The fourth-order valence-electron chi connectivity index (χ4n) is 2.29. The molecule has 2 aromatic rings. The van der Waals surface area contributed by atoms with Gasteiger partial charge in [-0.05, 0) is 30.0 Å². The van der Waals surface area contributed by atoms with Crippen LogP contribution in [-0.4, -0.2) is 15.4 Å². The van der Waals surface area contributed by atoms with E-state index in [-0.39, 0.29) is 5.84 Å². The highest BCUT2D eigenvalue weighted by atomic mass is 16.5. The quantitative estimate of drug-likeness (QED) is 0.431. The predicted octanol–water partition coefficient (Wildman–Crippen LogP) is 2.06. The third kappa shape index (κ3) is 3.58. The molecular formula is C16H23N5O. The van der Waals surface area contributed by atoms with Crippen LogP contribution in [0.1, 0.15) is 30.8 Å². The summed E-state index contributed by atoms with van der Waals surface area (Å²) >= 11 is 0. The molecule has 0 saturated heterocycles. The lowest BCUT2D eigenvalue weighted by Crippen LogP contribution is -2.15. The molecule has 118 valence electrons. The number of nitrogens with one attached hydrogen (secondary N) is 1. The fraction of sp³-hybridized carbons (Fsp3) is 0.375. The largest absolute Gasteiger partial charge is 0.483 e. The summed E-state index contributed by atoms with van der Waals surface area (Å²) in [7, 11) is 1.91. The van der Waals surface area contributed by atoms with E-state index in [1.807, 2.05) is 29.9 Å². The van der Waals surface area contributed by atoms with E-state index in [0.717, 1.165) is 17.8 Å². The molecule has 1 heterocycles. The molecule has 0 fully saturated rings. The number of anilines is 1. The smallest absolute Gasteiger partial charge is 0.146 e. The van der Waals surface area contributed by atoms with Crippen molar-refractivity contribution in [3.8, 4) is 5.75 Å². The normalized spacial score (nSPS) is 10.9. The first-order valence-electron chi connectivity index (χ1n) is 7.24. The molecule has 0 radical (unpaired) electrons. The van der Waals surface area contributed by atoms with Gasteiger partial charge in [0.25, 0.3) is 0 Å². The maximum absolute atomic E-state index is 7.68. The Hall–Kier alpha value is -2.50. The number of hydrogen-bond acceptors (Lipinski definition) is 4. The number of amidine groups is 1. The standard InChI is InChI=1S/C16H23N5O/c1-10(2)6-11-7-12(16(18)19)15(17)13(8-11)22-9-14-20-4-5-21(14)3/h4-5,7-8,10H,6,9,17H2,1-3H3,(H3,18,19). The van der Waals surface area contributed by atoms with Crippen LogP contribution in [0.4, 0.5) is 5.69 Å². The maximum Gasteiger partial charge on any atom is 0.146 e. The predicted molar refractivity (Wildman–Crippen MR) is 88.0 cm³/mol. The minimum Gasteiger partial charge on any atom is -0.483 e. The first-order valence-corrected chi connectivity index (χ1v) is 7.24. The Kier molecular flexibility index (Phi) is 4.70. The van der Waals surface area contributed by atoms with Crippen LogP contribution in [0.3, 0.4) is 0 Å². The van der Waals surface area contributed by atoms with Crippen LogP contribution in [0.25, 0.3) is 0 Å². The van der Waals surface area contributed by atoms with Crippen LogP contribution >= 0.6 is 0 Å². The Morgan fingerprint density at radius 3 is 2.68 bits per heavy atom. The number of nitrogens with two attached hydrogens (primary N) is 2. The molecule has 1 aromatic carbocycles. The number of imidazole rings is 1. The number of nitrogen functional groups attached to an aromatic ring is 2. The third-order valence-corrected chi connectivity index (χ3v) is 3.41. The number of aryl methyl sites for hydroxylation is 1. The minimum absolute atomic E-state index is 0.0510. The summed E-state index contributed by atoms with van der Waals surface area (Å²) in [6, 6.07) is 3.79. The highest BCUT2D eigenvalue weighted by Crippen LogP contribution is 2.29. The number of aromatic nitrogens is 2. The Labute approximate surface area is 130 Å². The second-order valence-electron chi connectivity index (χ2n) is 5.81. The van der Waals surface area contributed by atoms with Crippen molar-refractivity contribution in [2.75, 3.05) is 5.73 Å². The molecule has 5 N–H and O–H groups in total. The maximum atomic E-state index is 7.68. The summed E-state index contributed by atoms with van der Waals surface area (Å²) in [6.45, 7) is 4.59. The Bertz CT molecular complexity index is 675. The Morgan fingerprint density at radius 2 is 2.14 bits per heavy atom. The number of rotatable bonds is 6. The van der Waals surface area contributed by atoms with Crippen LogP contribution in [0.5, 0.6) is 5.75 Å². The lowest BCUT2D eigenvalue weighted by Gasteiger charge is -2.15. The van der Waals surface area contributed by atoms with Gasteiger partial charge < -0.3 is 20.8 Å². The second kappa shape index (κ2) is 6.51. The van der Waals surface area contributed by atoms with Gasteiger partial charge in [-0.15, -0.1) is 0 Å². The molecule has 22 heavy (non-hydrogen) atoms. The number of nitrogens with zero attached hydrogens (tertiary/aromatic N) is 2. The van der Waals surface area contributed by atoms with Gasteiger partial charge in [0, 0.05) is 25.0 Å².